The molecule has 0 N–H and O–H groups in total. The van der Waals surface area contributed by atoms with Gasteiger partial charge in [0.25, 0.3) is 0 Å². The molecular weight excluding hydrogens is 268 g/mol. The Morgan fingerprint density at radius 2 is 1.68 bits per heavy atom. The number of carbonyl (C=O) groups excluding carboxylic acids is 1. The minimum atomic E-state index is 0.408. The molecule has 22 heavy (non-hydrogen) atoms. The molecule has 6 rings (SSSR count). The average molecular weight is 303 g/mol. The lowest BCUT2D eigenvalue weighted by Gasteiger charge is -2.60. The third-order valence-corrected chi connectivity index (χ3v) is 8.84. The van der Waals surface area contributed by atoms with E-state index in [1.165, 1.54) is 57.8 Å². The van der Waals surface area contributed by atoms with E-state index >= 15 is 0 Å². The van der Waals surface area contributed by atoms with E-state index in [-0.39, 0.29) is 0 Å². The van der Waals surface area contributed by atoms with Gasteiger partial charge in [0.05, 0.1) is 0 Å². The van der Waals surface area contributed by atoms with Gasteiger partial charge in [0, 0.05) is 12.3 Å². The fourth-order valence-electron chi connectivity index (χ4n) is 6.99. The van der Waals surface area contributed by atoms with E-state index in [1.807, 2.05) is 0 Å². The molecule has 0 aromatic rings. The van der Waals surface area contributed by atoms with Gasteiger partial charge in [-0.1, -0.05) is 33.6 Å². The van der Waals surface area contributed by atoms with Gasteiger partial charge in [-0.2, -0.15) is 0 Å². The van der Waals surface area contributed by atoms with E-state index in [0.717, 1.165) is 24.2 Å². The van der Waals surface area contributed by atoms with Crippen LogP contribution in [0.5, 0.6) is 0 Å². The number of fused-ring (bicyclic) bond motifs is 6. The average Bonchev–Trinajstić information content (AvgIpc) is 2.50. The highest BCUT2D eigenvalue weighted by Gasteiger charge is 2.55. The van der Waals surface area contributed by atoms with Gasteiger partial charge in [-0.05, 0) is 79.4 Å². The van der Waals surface area contributed by atoms with E-state index in [4.69, 9.17) is 0 Å². The van der Waals surface area contributed by atoms with Crippen LogP contribution in [0.1, 0.15) is 85.0 Å². The molecule has 4 atom stereocenters. The Morgan fingerprint density at radius 1 is 0.955 bits per heavy atom. The lowest BCUT2D eigenvalue weighted by molar-refractivity contribution is -0.140. The van der Waals surface area contributed by atoms with Crippen LogP contribution in [0.3, 0.4) is 0 Å². The molecule has 1 nitrogen and oxygen atoms in total. The predicted octanol–water partition coefficient (Wildman–Crippen LogP) is 5.62. The maximum absolute atomic E-state index is 13.1. The van der Waals surface area contributed by atoms with E-state index in [2.05, 4.69) is 20.8 Å². The minimum Gasteiger partial charge on any atom is -0.299 e. The molecule has 0 aliphatic heterocycles. The predicted molar refractivity (Wildman–Crippen MR) is 90.5 cm³/mol. The van der Waals surface area contributed by atoms with Gasteiger partial charge in [-0.3, -0.25) is 4.79 Å². The second-order valence-corrected chi connectivity index (χ2v) is 10.1. The number of hydrogen-bond acceptors (Lipinski definition) is 1. The van der Waals surface area contributed by atoms with Gasteiger partial charge >= 0.3 is 0 Å². The molecule has 0 radical (unpaired) electrons. The summed E-state index contributed by atoms with van der Waals surface area (Å²) in [6.07, 6.45) is 13.2. The van der Waals surface area contributed by atoms with Gasteiger partial charge < -0.3 is 0 Å². The van der Waals surface area contributed by atoms with Crippen LogP contribution < -0.4 is 0 Å². The van der Waals surface area contributed by atoms with E-state index in [0.29, 0.717) is 28.4 Å². The van der Waals surface area contributed by atoms with Crippen molar-refractivity contribution in [3.63, 3.8) is 0 Å². The van der Waals surface area contributed by atoms with E-state index in [1.54, 1.807) is 0 Å². The largest absolute Gasteiger partial charge is 0.299 e. The van der Waals surface area contributed by atoms with Crippen LogP contribution >= 0.6 is 0 Å². The first kappa shape index (κ1) is 15.2. The van der Waals surface area contributed by atoms with Crippen LogP contribution in [-0.2, 0) is 4.79 Å². The van der Waals surface area contributed by atoms with Gasteiger partial charge in [0.2, 0.25) is 0 Å². The quantitative estimate of drug-likeness (QED) is 0.661. The highest BCUT2D eigenvalue weighted by atomic mass is 16.1. The Balaban J connectivity index is 1.48. The summed E-state index contributed by atoms with van der Waals surface area (Å²) < 4.78 is 0. The molecule has 124 valence electrons. The molecule has 6 aliphatic rings. The molecule has 1 heteroatoms. The smallest absolute Gasteiger partial charge is 0.136 e. The molecular formula is C21H34O. The number of hydrogen-bond donors (Lipinski definition) is 0. The molecule has 4 unspecified atom stereocenters. The lowest BCUT2D eigenvalue weighted by Crippen LogP contribution is -2.52. The Bertz CT molecular complexity index is 457. The first-order valence-electron chi connectivity index (χ1n) is 9.92. The van der Waals surface area contributed by atoms with Crippen molar-refractivity contribution in [3.8, 4) is 0 Å². The molecule has 4 bridgehead atoms. The zero-order chi connectivity index (χ0) is 15.5. The second kappa shape index (κ2) is 5.08. The summed E-state index contributed by atoms with van der Waals surface area (Å²) in [5.41, 5.74) is 0.843. The van der Waals surface area contributed by atoms with E-state index in [9.17, 15) is 4.79 Å². The van der Waals surface area contributed by atoms with Crippen LogP contribution in [-0.4, -0.2) is 5.78 Å². The highest BCUT2D eigenvalue weighted by molar-refractivity contribution is 5.82. The first-order valence-corrected chi connectivity index (χ1v) is 9.92. The molecule has 0 saturated heterocycles. The van der Waals surface area contributed by atoms with Crippen LogP contribution in [0.15, 0.2) is 0 Å². The number of Topliss-reactive ketones (excluding diaryl/α,β-unsaturated/α-hetero) is 1. The maximum Gasteiger partial charge on any atom is 0.136 e. The van der Waals surface area contributed by atoms with Gasteiger partial charge in [0.1, 0.15) is 5.78 Å². The molecule has 0 heterocycles. The van der Waals surface area contributed by atoms with Crippen molar-refractivity contribution in [1.29, 1.82) is 0 Å². The molecule has 0 aromatic carbocycles. The van der Waals surface area contributed by atoms with Crippen LogP contribution in [0.25, 0.3) is 0 Å². The van der Waals surface area contributed by atoms with Crippen molar-refractivity contribution < 1.29 is 4.79 Å². The molecule has 0 aromatic heterocycles. The molecule has 6 saturated carbocycles. The topological polar surface area (TPSA) is 17.1 Å². The second-order valence-electron chi connectivity index (χ2n) is 10.1. The minimum absolute atomic E-state index is 0.408. The molecule has 0 spiro atoms. The number of rotatable bonds is 3. The molecule has 0 amide bonds. The fourth-order valence-corrected chi connectivity index (χ4v) is 6.99. The van der Waals surface area contributed by atoms with Crippen molar-refractivity contribution in [2.24, 2.45) is 40.4 Å². The first-order chi connectivity index (χ1) is 10.4. The monoisotopic (exact) mass is 302 g/mol. The summed E-state index contributed by atoms with van der Waals surface area (Å²) >= 11 is 0. The zero-order valence-electron chi connectivity index (χ0n) is 14.9. The van der Waals surface area contributed by atoms with Crippen molar-refractivity contribution in [2.45, 2.75) is 85.0 Å². The summed E-state index contributed by atoms with van der Waals surface area (Å²) in [5.74, 6) is 4.30. The van der Waals surface area contributed by atoms with E-state index < -0.39 is 0 Å². The third kappa shape index (κ3) is 2.21. The Kier molecular flexibility index (Phi) is 3.51. The number of ketones is 1. The van der Waals surface area contributed by atoms with Crippen LogP contribution in [0.2, 0.25) is 0 Å². The molecule has 6 fully saturated rings. The van der Waals surface area contributed by atoms with Crippen molar-refractivity contribution in [3.05, 3.63) is 0 Å². The van der Waals surface area contributed by atoms with Crippen molar-refractivity contribution in [2.75, 3.05) is 0 Å². The summed E-state index contributed by atoms with van der Waals surface area (Å²) in [4.78, 5) is 13.1. The number of carbonyl (C=O) groups is 1. The van der Waals surface area contributed by atoms with Crippen molar-refractivity contribution >= 4 is 5.78 Å². The molecule has 6 aliphatic carbocycles. The van der Waals surface area contributed by atoms with Gasteiger partial charge in [0.15, 0.2) is 0 Å². The maximum atomic E-state index is 13.1. The Labute approximate surface area is 136 Å². The highest BCUT2D eigenvalue weighted by Crippen LogP contribution is 2.64. The zero-order valence-corrected chi connectivity index (χ0v) is 14.9. The fraction of sp³-hybridized carbons (Fsp3) is 0.952. The normalized spacial score (nSPS) is 49.3. The van der Waals surface area contributed by atoms with Crippen LogP contribution in [0, 0.1) is 40.4 Å². The van der Waals surface area contributed by atoms with Gasteiger partial charge in [-0.25, -0.2) is 0 Å². The SMILES string of the molecule is CC1(C)CC2CCC1(C)C(CC(=O)C1CC3CCC1CC3)C2. The third-order valence-electron chi connectivity index (χ3n) is 8.84. The van der Waals surface area contributed by atoms with Gasteiger partial charge in [-0.15, -0.1) is 0 Å². The Morgan fingerprint density at radius 3 is 2.27 bits per heavy atom. The summed E-state index contributed by atoms with van der Waals surface area (Å²) in [6, 6.07) is 0. The summed E-state index contributed by atoms with van der Waals surface area (Å²) in [5, 5.41) is 0. The summed E-state index contributed by atoms with van der Waals surface area (Å²) in [6.45, 7) is 7.45. The lowest BCUT2D eigenvalue weighted by atomic mass is 9.44. The summed E-state index contributed by atoms with van der Waals surface area (Å²) in [7, 11) is 0. The van der Waals surface area contributed by atoms with Crippen molar-refractivity contribution in [1.82, 2.24) is 0 Å². The Hall–Kier alpha value is -0.330. The standard InChI is InChI=1S/C21H34O/c1-20(2)13-15-8-9-21(20,3)17(10-15)12-19(22)18-11-14-4-6-16(18)7-5-14/h14-18H,4-13H2,1-3H3. The van der Waals surface area contributed by atoms with Crippen LogP contribution in [0.4, 0.5) is 0 Å².